The average molecular weight is 141 g/mol. The molecule has 1 aliphatic rings. The van der Waals surface area contributed by atoms with Gasteiger partial charge in [-0.3, -0.25) is 9.59 Å². The van der Waals surface area contributed by atoms with E-state index in [9.17, 15) is 9.59 Å². The number of likely N-dealkylation sites (tertiary alicyclic amines) is 1. The van der Waals surface area contributed by atoms with Gasteiger partial charge in [-0.05, 0) is 6.42 Å². The third kappa shape index (κ3) is 1.16. The van der Waals surface area contributed by atoms with Crippen molar-refractivity contribution in [2.24, 2.45) is 5.73 Å². The minimum absolute atomic E-state index is 0.0620. The van der Waals surface area contributed by atoms with Gasteiger partial charge in [-0.25, -0.2) is 0 Å². The standard InChI is InChI=1S/C6H9N2O2/c7-5-1-2-8(3-4-9)6(5)10/h5H,1-3,7H2. The van der Waals surface area contributed by atoms with E-state index in [2.05, 4.69) is 0 Å². The maximum Gasteiger partial charge on any atom is 0.239 e. The van der Waals surface area contributed by atoms with E-state index in [0.29, 0.717) is 13.0 Å². The molecule has 1 fully saturated rings. The molecule has 0 aromatic heterocycles. The van der Waals surface area contributed by atoms with Gasteiger partial charge in [-0.1, -0.05) is 0 Å². The molecular formula is C6H9N2O2. The SMILES string of the molecule is NC1CCN(C[C]=O)C1=O. The lowest BCUT2D eigenvalue weighted by atomic mass is 10.3. The lowest BCUT2D eigenvalue weighted by Crippen LogP contribution is -2.34. The molecule has 2 N–H and O–H groups in total. The Balaban J connectivity index is 2.48. The van der Waals surface area contributed by atoms with E-state index in [-0.39, 0.29) is 12.5 Å². The predicted molar refractivity (Wildman–Crippen MR) is 34.9 cm³/mol. The smallest absolute Gasteiger partial charge is 0.239 e. The van der Waals surface area contributed by atoms with Crippen LogP contribution in [0.2, 0.25) is 0 Å². The summed E-state index contributed by atoms with van der Waals surface area (Å²) < 4.78 is 0. The van der Waals surface area contributed by atoms with E-state index >= 15 is 0 Å². The molecule has 0 bridgehead atoms. The fraction of sp³-hybridized carbons (Fsp3) is 0.667. The van der Waals surface area contributed by atoms with Crippen LogP contribution < -0.4 is 5.73 Å². The Bertz CT molecular complexity index is 158. The Hall–Kier alpha value is -0.900. The van der Waals surface area contributed by atoms with Crippen molar-refractivity contribution < 1.29 is 9.59 Å². The number of carbonyl (C=O) groups is 1. The normalized spacial score (nSPS) is 25.5. The first kappa shape index (κ1) is 7.21. The zero-order valence-corrected chi connectivity index (χ0v) is 5.54. The van der Waals surface area contributed by atoms with Crippen molar-refractivity contribution >= 4 is 12.2 Å². The maximum atomic E-state index is 10.9. The molecule has 1 atom stereocenters. The van der Waals surface area contributed by atoms with Crippen LogP contribution in [0, 0.1) is 0 Å². The van der Waals surface area contributed by atoms with E-state index in [1.807, 2.05) is 0 Å². The number of nitrogens with zero attached hydrogens (tertiary/aromatic N) is 1. The molecule has 0 saturated carbocycles. The molecule has 1 unspecified atom stereocenters. The highest BCUT2D eigenvalue weighted by Gasteiger charge is 2.27. The molecule has 0 aromatic rings. The van der Waals surface area contributed by atoms with Crippen LogP contribution in [0.1, 0.15) is 6.42 Å². The summed E-state index contributed by atoms with van der Waals surface area (Å²) in [6.45, 7) is 0.655. The summed E-state index contributed by atoms with van der Waals surface area (Å²) in [4.78, 5) is 22.2. The number of hydrogen-bond donors (Lipinski definition) is 1. The highest BCUT2D eigenvalue weighted by atomic mass is 16.2. The van der Waals surface area contributed by atoms with Crippen molar-refractivity contribution in [1.29, 1.82) is 0 Å². The first-order valence-corrected chi connectivity index (χ1v) is 3.15. The fourth-order valence-corrected chi connectivity index (χ4v) is 0.998. The number of hydrogen-bond acceptors (Lipinski definition) is 3. The molecule has 1 radical (unpaired) electrons. The third-order valence-electron chi connectivity index (χ3n) is 1.59. The predicted octanol–water partition coefficient (Wildman–Crippen LogP) is -1.34. The van der Waals surface area contributed by atoms with Gasteiger partial charge in [-0.2, -0.15) is 0 Å². The van der Waals surface area contributed by atoms with Crippen LogP contribution in [0.4, 0.5) is 0 Å². The summed E-state index contributed by atoms with van der Waals surface area (Å²) in [7, 11) is 0. The van der Waals surface area contributed by atoms with Crippen LogP contribution in [0.25, 0.3) is 0 Å². The molecule has 55 valence electrons. The summed E-state index contributed by atoms with van der Waals surface area (Å²) in [5.74, 6) is -0.136. The fourth-order valence-electron chi connectivity index (χ4n) is 0.998. The lowest BCUT2D eigenvalue weighted by molar-refractivity contribution is -0.128. The first-order valence-electron chi connectivity index (χ1n) is 3.15. The molecule has 4 heteroatoms. The monoisotopic (exact) mass is 141 g/mol. The van der Waals surface area contributed by atoms with Gasteiger partial charge < -0.3 is 10.6 Å². The maximum absolute atomic E-state index is 10.9. The molecule has 1 amide bonds. The van der Waals surface area contributed by atoms with Crippen molar-refractivity contribution in [3.05, 3.63) is 0 Å². The molecule has 1 heterocycles. The van der Waals surface area contributed by atoms with Crippen LogP contribution in [0.3, 0.4) is 0 Å². The van der Waals surface area contributed by atoms with Crippen LogP contribution in [-0.4, -0.2) is 36.2 Å². The Morgan fingerprint density at radius 3 is 2.90 bits per heavy atom. The zero-order chi connectivity index (χ0) is 7.56. The molecular weight excluding hydrogens is 132 g/mol. The van der Waals surface area contributed by atoms with Crippen LogP contribution >= 0.6 is 0 Å². The Kier molecular flexibility index (Phi) is 2.01. The van der Waals surface area contributed by atoms with Crippen molar-refractivity contribution in [3.8, 4) is 0 Å². The second-order valence-electron chi connectivity index (χ2n) is 2.30. The molecule has 0 spiro atoms. The van der Waals surface area contributed by atoms with E-state index < -0.39 is 6.04 Å². The summed E-state index contributed by atoms with van der Waals surface area (Å²) in [6, 6.07) is -0.395. The van der Waals surface area contributed by atoms with Gasteiger partial charge in [0, 0.05) is 6.54 Å². The molecule has 1 aliphatic heterocycles. The zero-order valence-electron chi connectivity index (χ0n) is 5.54. The Morgan fingerprint density at radius 1 is 1.80 bits per heavy atom. The number of nitrogens with two attached hydrogens (primary N) is 1. The topological polar surface area (TPSA) is 63.4 Å². The molecule has 0 aromatic carbocycles. The molecule has 4 nitrogen and oxygen atoms in total. The average Bonchev–Trinajstić information content (AvgIpc) is 2.20. The Morgan fingerprint density at radius 2 is 2.50 bits per heavy atom. The van der Waals surface area contributed by atoms with Crippen molar-refractivity contribution in [2.75, 3.05) is 13.1 Å². The van der Waals surface area contributed by atoms with Crippen molar-refractivity contribution in [1.82, 2.24) is 4.90 Å². The van der Waals surface area contributed by atoms with Gasteiger partial charge in [0.1, 0.15) is 0 Å². The minimum Gasteiger partial charge on any atom is -0.333 e. The van der Waals surface area contributed by atoms with Crippen molar-refractivity contribution in [3.63, 3.8) is 0 Å². The highest BCUT2D eigenvalue weighted by Crippen LogP contribution is 2.06. The van der Waals surface area contributed by atoms with Crippen LogP contribution in [-0.2, 0) is 9.59 Å². The Labute approximate surface area is 59.0 Å². The van der Waals surface area contributed by atoms with E-state index in [4.69, 9.17) is 5.73 Å². The number of amides is 1. The largest absolute Gasteiger partial charge is 0.333 e. The minimum atomic E-state index is -0.395. The highest BCUT2D eigenvalue weighted by molar-refractivity contribution is 5.85. The quantitative estimate of drug-likeness (QED) is 0.517. The summed E-state index contributed by atoms with van der Waals surface area (Å²) in [5, 5.41) is 0. The van der Waals surface area contributed by atoms with Gasteiger partial charge in [0.2, 0.25) is 12.2 Å². The van der Waals surface area contributed by atoms with Gasteiger partial charge in [0.25, 0.3) is 0 Å². The van der Waals surface area contributed by atoms with Gasteiger partial charge in [-0.15, -0.1) is 0 Å². The van der Waals surface area contributed by atoms with E-state index in [0.717, 1.165) is 0 Å². The second-order valence-corrected chi connectivity index (χ2v) is 2.30. The van der Waals surface area contributed by atoms with Crippen LogP contribution in [0.15, 0.2) is 0 Å². The van der Waals surface area contributed by atoms with Gasteiger partial charge in [0.05, 0.1) is 12.6 Å². The lowest BCUT2D eigenvalue weighted by Gasteiger charge is -2.09. The third-order valence-corrected chi connectivity index (χ3v) is 1.59. The van der Waals surface area contributed by atoms with E-state index in [1.54, 1.807) is 6.29 Å². The van der Waals surface area contributed by atoms with Gasteiger partial charge >= 0.3 is 0 Å². The molecule has 1 rings (SSSR count). The first-order chi connectivity index (χ1) is 4.75. The summed E-state index contributed by atoms with van der Waals surface area (Å²) >= 11 is 0. The van der Waals surface area contributed by atoms with Gasteiger partial charge in [0.15, 0.2) is 0 Å². The van der Waals surface area contributed by atoms with E-state index in [1.165, 1.54) is 4.90 Å². The van der Waals surface area contributed by atoms with Crippen LogP contribution in [0.5, 0.6) is 0 Å². The molecule has 10 heavy (non-hydrogen) atoms. The van der Waals surface area contributed by atoms with Crippen molar-refractivity contribution in [2.45, 2.75) is 12.5 Å². The molecule has 1 saturated heterocycles. The number of rotatable bonds is 2. The number of carbonyl (C=O) groups excluding carboxylic acids is 2. The second kappa shape index (κ2) is 2.79. The summed E-state index contributed by atoms with van der Waals surface area (Å²) in [5.41, 5.74) is 5.38. The molecule has 0 aliphatic carbocycles. The summed E-state index contributed by atoms with van der Waals surface area (Å²) in [6.07, 6.45) is 2.31.